The number of hydrogen-bond acceptors (Lipinski definition) is 3. The van der Waals surface area contributed by atoms with Crippen molar-refractivity contribution >= 4 is 0 Å². The smallest absolute Gasteiger partial charge is 0.0207 e. The lowest BCUT2D eigenvalue weighted by atomic mass is 10.3. The van der Waals surface area contributed by atoms with Gasteiger partial charge >= 0.3 is 0 Å². The minimum absolute atomic E-state index is 0.751. The standard InChI is InChI=1S/C13H27N3/c1-3-14-12-7-8-15(11-12)9-10-16(4-2)13-5-6-13/h12-14H,3-11H2,1-2H3. The number of hydrogen-bond donors (Lipinski definition) is 1. The average Bonchev–Trinajstić information content (AvgIpc) is 3.02. The number of nitrogens with zero attached hydrogens (tertiary/aromatic N) is 2. The van der Waals surface area contributed by atoms with Gasteiger partial charge in [0.2, 0.25) is 0 Å². The Balaban J connectivity index is 1.62. The maximum Gasteiger partial charge on any atom is 0.0207 e. The van der Waals surface area contributed by atoms with Crippen LogP contribution in [0.2, 0.25) is 0 Å². The molecule has 2 rings (SSSR count). The molecule has 3 heteroatoms. The summed E-state index contributed by atoms with van der Waals surface area (Å²) in [5, 5.41) is 3.56. The average molecular weight is 225 g/mol. The van der Waals surface area contributed by atoms with E-state index in [2.05, 4.69) is 29.0 Å². The van der Waals surface area contributed by atoms with Crippen LogP contribution in [0, 0.1) is 0 Å². The van der Waals surface area contributed by atoms with E-state index in [4.69, 9.17) is 0 Å². The van der Waals surface area contributed by atoms with Gasteiger partial charge in [0.05, 0.1) is 0 Å². The lowest BCUT2D eigenvalue weighted by molar-refractivity contribution is 0.223. The molecule has 0 aromatic heterocycles. The summed E-state index contributed by atoms with van der Waals surface area (Å²) in [6, 6.07) is 1.68. The van der Waals surface area contributed by atoms with Gasteiger partial charge in [-0.2, -0.15) is 0 Å². The van der Waals surface area contributed by atoms with E-state index in [-0.39, 0.29) is 0 Å². The molecule has 1 heterocycles. The van der Waals surface area contributed by atoms with Gasteiger partial charge in [0, 0.05) is 31.7 Å². The van der Waals surface area contributed by atoms with E-state index < -0.39 is 0 Å². The fourth-order valence-corrected chi connectivity index (χ4v) is 2.80. The SMILES string of the molecule is CCNC1CCN(CCN(CC)C2CC2)C1. The Labute approximate surface area is 100 Å². The third kappa shape index (κ3) is 3.44. The highest BCUT2D eigenvalue weighted by atomic mass is 15.2. The topological polar surface area (TPSA) is 18.5 Å². The molecule has 0 aromatic rings. The molecule has 1 saturated heterocycles. The highest BCUT2D eigenvalue weighted by Gasteiger charge is 2.28. The van der Waals surface area contributed by atoms with Crippen LogP contribution < -0.4 is 5.32 Å². The third-order valence-corrected chi connectivity index (χ3v) is 3.94. The molecule has 1 N–H and O–H groups in total. The molecule has 0 amide bonds. The molecule has 2 aliphatic rings. The largest absolute Gasteiger partial charge is 0.313 e. The highest BCUT2D eigenvalue weighted by molar-refractivity contribution is 4.86. The number of nitrogens with one attached hydrogen (secondary N) is 1. The Kier molecular flexibility index (Phi) is 4.62. The van der Waals surface area contributed by atoms with E-state index >= 15 is 0 Å². The lowest BCUT2D eigenvalue weighted by Crippen LogP contribution is -2.37. The van der Waals surface area contributed by atoms with Crippen LogP contribution in [0.3, 0.4) is 0 Å². The molecule has 94 valence electrons. The van der Waals surface area contributed by atoms with Crippen LogP contribution in [0.5, 0.6) is 0 Å². The van der Waals surface area contributed by atoms with Gasteiger partial charge in [0.1, 0.15) is 0 Å². The maximum atomic E-state index is 3.56. The first-order chi connectivity index (χ1) is 7.83. The Morgan fingerprint density at radius 3 is 2.69 bits per heavy atom. The summed E-state index contributed by atoms with van der Waals surface area (Å²) in [4.78, 5) is 5.28. The minimum Gasteiger partial charge on any atom is -0.313 e. The van der Waals surface area contributed by atoms with Crippen LogP contribution in [-0.2, 0) is 0 Å². The molecule has 0 bridgehead atoms. The monoisotopic (exact) mass is 225 g/mol. The molecule has 1 aliphatic carbocycles. The number of likely N-dealkylation sites (N-methyl/N-ethyl adjacent to an activating group) is 2. The molecule has 1 unspecified atom stereocenters. The Hall–Kier alpha value is -0.120. The van der Waals surface area contributed by atoms with Gasteiger partial charge in [0.15, 0.2) is 0 Å². The van der Waals surface area contributed by atoms with Crippen molar-refractivity contribution in [1.29, 1.82) is 0 Å². The summed E-state index contributed by atoms with van der Waals surface area (Å²) in [6.45, 7) is 11.9. The number of rotatable bonds is 7. The summed E-state index contributed by atoms with van der Waals surface area (Å²) >= 11 is 0. The molecule has 0 radical (unpaired) electrons. The van der Waals surface area contributed by atoms with Crippen molar-refractivity contribution in [2.24, 2.45) is 0 Å². The number of likely N-dealkylation sites (tertiary alicyclic amines) is 1. The Morgan fingerprint density at radius 1 is 1.25 bits per heavy atom. The Bertz CT molecular complexity index is 203. The highest BCUT2D eigenvalue weighted by Crippen LogP contribution is 2.26. The first-order valence-electron chi connectivity index (χ1n) is 7.03. The summed E-state index contributed by atoms with van der Waals surface area (Å²) < 4.78 is 0. The first kappa shape index (κ1) is 12.3. The Morgan fingerprint density at radius 2 is 2.06 bits per heavy atom. The molecule has 1 saturated carbocycles. The van der Waals surface area contributed by atoms with E-state index in [1.54, 1.807) is 0 Å². The van der Waals surface area contributed by atoms with E-state index in [1.165, 1.54) is 52.0 Å². The molecule has 1 atom stereocenters. The summed E-state index contributed by atoms with van der Waals surface area (Å²) in [5.74, 6) is 0. The first-order valence-corrected chi connectivity index (χ1v) is 7.03. The van der Waals surface area contributed by atoms with Gasteiger partial charge in [-0.3, -0.25) is 4.90 Å². The second kappa shape index (κ2) is 5.99. The summed E-state index contributed by atoms with van der Waals surface area (Å²) in [5.41, 5.74) is 0. The van der Waals surface area contributed by atoms with Crippen LogP contribution in [0.1, 0.15) is 33.1 Å². The molecule has 0 spiro atoms. The molecular weight excluding hydrogens is 198 g/mol. The zero-order valence-corrected chi connectivity index (χ0v) is 10.9. The van der Waals surface area contributed by atoms with E-state index in [1.807, 2.05) is 0 Å². The van der Waals surface area contributed by atoms with Gasteiger partial charge in [0.25, 0.3) is 0 Å². The van der Waals surface area contributed by atoms with Crippen molar-refractivity contribution in [3.8, 4) is 0 Å². The molecule has 0 aromatic carbocycles. The lowest BCUT2D eigenvalue weighted by Gasteiger charge is -2.23. The fraction of sp³-hybridized carbons (Fsp3) is 1.00. The third-order valence-electron chi connectivity index (χ3n) is 3.94. The maximum absolute atomic E-state index is 3.56. The van der Waals surface area contributed by atoms with Crippen molar-refractivity contribution < 1.29 is 0 Å². The van der Waals surface area contributed by atoms with Gasteiger partial charge < -0.3 is 10.2 Å². The zero-order valence-electron chi connectivity index (χ0n) is 10.9. The van der Waals surface area contributed by atoms with Crippen molar-refractivity contribution in [3.05, 3.63) is 0 Å². The predicted molar refractivity (Wildman–Crippen MR) is 68.8 cm³/mol. The van der Waals surface area contributed by atoms with E-state index in [0.717, 1.165) is 18.6 Å². The summed E-state index contributed by atoms with van der Waals surface area (Å²) in [6.07, 6.45) is 4.21. The van der Waals surface area contributed by atoms with Crippen molar-refractivity contribution in [1.82, 2.24) is 15.1 Å². The van der Waals surface area contributed by atoms with Crippen LogP contribution >= 0.6 is 0 Å². The second-order valence-corrected chi connectivity index (χ2v) is 5.20. The normalized spacial score (nSPS) is 26.8. The second-order valence-electron chi connectivity index (χ2n) is 5.20. The molecule has 3 nitrogen and oxygen atoms in total. The van der Waals surface area contributed by atoms with Gasteiger partial charge in [-0.05, 0) is 38.9 Å². The van der Waals surface area contributed by atoms with Gasteiger partial charge in [-0.1, -0.05) is 13.8 Å². The van der Waals surface area contributed by atoms with Crippen LogP contribution in [0.15, 0.2) is 0 Å². The molecule has 2 fully saturated rings. The van der Waals surface area contributed by atoms with Crippen LogP contribution in [0.25, 0.3) is 0 Å². The van der Waals surface area contributed by atoms with E-state index in [9.17, 15) is 0 Å². The predicted octanol–water partition coefficient (Wildman–Crippen LogP) is 1.15. The zero-order chi connectivity index (χ0) is 11.4. The quantitative estimate of drug-likeness (QED) is 0.701. The van der Waals surface area contributed by atoms with Crippen molar-refractivity contribution in [3.63, 3.8) is 0 Å². The van der Waals surface area contributed by atoms with Gasteiger partial charge in [-0.15, -0.1) is 0 Å². The van der Waals surface area contributed by atoms with Crippen LogP contribution in [-0.4, -0.2) is 61.2 Å². The van der Waals surface area contributed by atoms with E-state index in [0.29, 0.717) is 0 Å². The molecule has 1 aliphatic heterocycles. The van der Waals surface area contributed by atoms with Gasteiger partial charge in [-0.25, -0.2) is 0 Å². The summed E-state index contributed by atoms with van der Waals surface area (Å²) in [7, 11) is 0. The van der Waals surface area contributed by atoms with Crippen molar-refractivity contribution in [2.75, 3.05) is 39.3 Å². The molecular formula is C13H27N3. The minimum atomic E-state index is 0.751. The molecule has 16 heavy (non-hydrogen) atoms. The van der Waals surface area contributed by atoms with Crippen LogP contribution in [0.4, 0.5) is 0 Å². The fourth-order valence-electron chi connectivity index (χ4n) is 2.80. The van der Waals surface area contributed by atoms with Crippen molar-refractivity contribution in [2.45, 2.75) is 45.2 Å².